The second-order valence-electron chi connectivity index (χ2n) is 9.27. The molecule has 0 aliphatic carbocycles. The van der Waals surface area contributed by atoms with Crippen LogP contribution in [0.3, 0.4) is 0 Å². The molecule has 2 atom stereocenters. The average molecular weight is 566 g/mol. The minimum absolute atomic E-state index is 0. The Morgan fingerprint density at radius 2 is 2.11 bits per heavy atom. The molecular formula is C26H34BrClN4O3. The molecule has 0 saturated carbocycles. The average Bonchev–Trinajstić information content (AvgIpc) is 2.84. The molecule has 3 heterocycles. The summed E-state index contributed by atoms with van der Waals surface area (Å²) in [6.07, 6.45) is 6.02. The normalized spacial score (nSPS) is 18.5. The highest BCUT2D eigenvalue weighted by Crippen LogP contribution is 2.22. The van der Waals surface area contributed by atoms with E-state index in [2.05, 4.69) is 43.6 Å². The first-order chi connectivity index (χ1) is 16.5. The van der Waals surface area contributed by atoms with Crippen LogP contribution in [0.4, 0.5) is 5.82 Å². The molecule has 2 aromatic rings. The van der Waals surface area contributed by atoms with Crippen molar-refractivity contribution in [1.82, 2.24) is 15.2 Å². The van der Waals surface area contributed by atoms with Gasteiger partial charge in [-0.1, -0.05) is 34.1 Å². The number of carboxylic acid groups (broad SMARTS) is 1. The largest absolute Gasteiger partial charge is 0.481 e. The van der Waals surface area contributed by atoms with Gasteiger partial charge in [-0.25, -0.2) is 4.98 Å². The number of carbonyl (C=O) groups excluding carboxylic acids is 1. The van der Waals surface area contributed by atoms with Gasteiger partial charge in [0.15, 0.2) is 0 Å². The third kappa shape index (κ3) is 7.66. The molecule has 0 radical (unpaired) electrons. The smallest absolute Gasteiger partial charge is 0.312 e. The van der Waals surface area contributed by atoms with E-state index in [0.717, 1.165) is 74.3 Å². The van der Waals surface area contributed by atoms with Gasteiger partial charge in [0.25, 0.3) is 0 Å². The molecule has 1 aromatic carbocycles. The zero-order valence-corrected chi connectivity index (χ0v) is 22.2. The molecule has 0 bridgehead atoms. The molecule has 7 nitrogen and oxygen atoms in total. The number of hydrogen-bond acceptors (Lipinski definition) is 5. The number of carbonyl (C=O) groups is 2. The third-order valence-electron chi connectivity index (χ3n) is 6.76. The van der Waals surface area contributed by atoms with Gasteiger partial charge in [0, 0.05) is 29.8 Å². The topological polar surface area (TPSA) is 94.6 Å². The minimum Gasteiger partial charge on any atom is -0.481 e. The van der Waals surface area contributed by atoms with Gasteiger partial charge in [0.2, 0.25) is 5.91 Å². The van der Waals surface area contributed by atoms with E-state index in [0.29, 0.717) is 5.56 Å². The monoisotopic (exact) mass is 564 g/mol. The predicted molar refractivity (Wildman–Crippen MR) is 143 cm³/mol. The highest BCUT2D eigenvalue weighted by Gasteiger charge is 2.27. The molecule has 190 valence electrons. The first-order valence-corrected chi connectivity index (χ1v) is 13.0. The van der Waals surface area contributed by atoms with Crippen LogP contribution in [-0.4, -0.2) is 59.6 Å². The van der Waals surface area contributed by atoms with Gasteiger partial charge < -0.3 is 20.6 Å². The quantitative estimate of drug-likeness (QED) is 0.421. The van der Waals surface area contributed by atoms with Crippen molar-refractivity contribution in [1.29, 1.82) is 0 Å². The molecule has 3 N–H and O–H groups in total. The van der Waals surface area contributed by atoms with Crippen LogP contribution in [0.25, 0.3) is 0 Å². The molecule has 1 fully saturated rings. The van der Waals surface area contributed by atoms with Crippen LogP contribution in [0.1, 0.15) is 48.4 Å². The summed E-state index contributed by atoms with van der Waals surface area (Å²) in [5, 5.41) is 16.0. The predicted octanol–water partition coefficient (Wildman–Crippen LogP) is 4.25. The number of anilines is 1. The fraction of sp³-hybridized carbons (Fsp3) is 0.500. The van der Waals surface area contributed by atoms with Crippen molar-refractivity contribution in [2.75, 3.05) is 38.0 Å². The summed E-state index contributed by atoms with van der Waals surface area (Å²) in [5.41, 5.74) is 3.11. The minimum atomic E-state index is -0.936. The lowest BCUT2D eigenvalue weighted by Crippen LogP contribution is -2.44. The number of piperidine rings is 1. The number of carboxylic acids is 1. The maximum Gasteiger partial charge on any atom is 0.312 e. The highest BCUT2D eigenvalue weighted by atomic mass is 79.9. The van der Waals surface area contributed by atoms with Gasteiger partial charge in [0.05, 0.1) is 11.8 Å². The third-order valence-corrected chi connectivity index (χ3v) is 7.26. The van der Waals surface area contributed by atoms with Crippen molar-refractivity contribution >= 4 is 46.0 Å². The Bertz CT molecular complexity index is 1020. The summed E-state index contributed by atoms with van der Waals surface area (Å²) in [6, 6.07) is 11.6. The van der Waals surface area contributed by atoms with E-state index in [1.807, 2.05) is 12.1 Å². The molecule has 4 rings (SSSR count). The number of halogens is 2. The van der Waals surface area contributed by atoms with Crippen LogP contribution in [0.2, 0.25) is 0 Å². The second-order valence-corrected chi connectivity index (χ2v) is 10.2. The SMILES string of the molecule is Cl.O=C(O)C(CNC(=O)[C@@H]1CCCN(CCCc2ccc3c(n2)NCCC3)C1)c1cccc(Br)c1. The molecule has 9 heteroatoms. The zero-order chi connectivity index (χ0) is 23.9. The number of nitrogens with zero attached hydrogens (tertiary/aromatic N) is 2. The van der Waals surface area contributed by atoms with Crippen molar-refractivity contribution < 1.29 is 14.7 Å². The molecule has 2 aliphatic rings. The summed E-state index contributed by atoms with van der Waals surface area (Å²) in [5.74, 6) is -0.805. The van der Waals surface area contributed by atoms with E-state index < -0.39 is 11.9 Å². The number of hydrogen-bond donors (Lipinski definition) is 3. The van der Waals surface area contributed by atoms with Gasteiger partial charge in [-0.05, 0) is 80.9 Å². The second kappa shape index (κ2) is 13.2. The van der Waals surface area contributed by atoms with Crippen LogP contribution < -0.4 is 10.6 Å². The van der Waals surface area contributed by atoms with Gasteiger partial charge in [-0.15, -0.1) is 12.4 Å². The van der Waals surface area contributed by atoms with Crippen LogP contribution in [0.5, 0.6) is 0 Å². The number of amides is 1. The number of fused-ring (bicyclic) bond motifs is 1. The molecular weight excluding hydrogens is 532 g/mol. The number of benzene rings is 1. The standard InChI is InChI=1S/C26H33BrN4O3.ClH/c27-21-8-1-5-19(15-21)23(26(33)34)16-29-25(32)20-7-3-13-31(17-20)14-4-9-22-11-10-18-6-2-12-28-24(18)30-22;/h1,5,8,10-11,15,20,23H,2-4,6-7,9,12-14,16-17H2,(H,28,30)(H,29,32)(H,33,34);1H/t20-,23?;/m1./s1. The van der Waals surface area contributed by atoms with Crippen LogP contribution in [-0.2, 0) is 22.4 Å². The number of nitrogens with one attached hydrogen (secondary N) is 2. The van der Waals surface area contributed by atoms with Crippen molar-refractivity contribution in [2.24, 2.45) is 5.92 Å². The summed E-state index contributed by atoms with van der Waals surface area (Å²) in [7, 11) is 0. The first kappa shape index (κ1) is 27.4. The fourth-order valence-corrected chi connectivity index (χ4v) is 5.30. The Labute approximate surface area is 221 Å². The zero-order valence-electron chi connectivity index (χ0n) is 19.8. The molecule has 1 unspecified atom stereocenters. The molecule has 0 spiro atoms. The highest BCUT2D eigenvalue weighted by molar-refractivity contribution is 9.10. The maximum absolute atomic E-state index is 12.8. The van der Waals surface area contributed by atoms with Crippen molar-refractivity contribution in [3.05, 3.63) is 57.7 Å². The molecule has 2 aliphatic heterocycles. The van der Waals surface area contributed by atoms with Gasteiger partial charge in [0.1, 0.15) is 5.82 Å². The molecule has 1 saturated heterocycles. The van der Waals surface area contributed by atoms with Gasteiger partial charge in [-0.2, -0.15) is 0 Å². The molecule has 1 aromatic heterocycles. The summed E-state index contributed by atoms with van der Waals surface area (Å²) in [6.45, 7) is 3.75. The number of aromatic nitrogens is 1. The van der Waals surface area contributed by atoms with E-state index in [9.17, 15) is 14.7 Å². The number of aliphatic carboxylic acids is 1. The fourth-order valence-electron chi connectivity index (χ4n) is 4.88. The first-order valence-electron chi connectivity index (χ1n) is 12.2. The van der Waals surface area contributed by atoms with E-state index in [1.165, 1.54) is 12.0 Å². The summed E-state index contributed by atoms with van der Waals surface area (Å²) >= 11 is 3.39. The Hall–Kier alpha value is -2.16. The lowest BCUT2D eigenvalue weighted by molar-refractivity contribution is -0.138. The molecule has 35 heavy (non-hydrogen) atoms. The van der Waals surface area contributed by atoms with Crippen LogP contribution in [0.15, 0.2) is 40.9 Å². The number of pyridine rings is 1. The lowest BCUT2D eigenvalue weighted by atomic mass is 9.95. The number of aryl methyl sites for hydroxylation is 2. The van der Waals surface area contributed by atoms with Crippen LogP contribution >= 0.6 is 28.3 Å². The Morgan fingerprint density at radius 3 is 2.91 bits per heavy atom. The summed E-state index contributed by atoms with van der Waals surface area (Å²) in [4.78, 5) is 31.8. The van der Waals surface area contributed by atoms with Gasteiger partial charge in [-0.3, -0.25) is 9.59 Å². The number of likely N-dealkylation sites (tertiary alicyclic amines) is 1. The van der Waals surface area contributed by atoms with Crippen molar-refractivity contribution in [3.8, 4) is 0 Å². The Kier molecular flexibility index (Phi) is 10.4. The Balaban J connectivity index is 0.00000342. The maximum atomic E-state index is 12.8. The van der Waals surface area contributed by atoms with E-state index in [4.69, 9.17) is 4.98 Å². The van der Waals surface area contributed by atoms with Gasteiger partial charge >= 0.3 is 5.97 Å². The molecule has 1 amide bonds. The van der Waals surface area contributed by atoms with Crippen molar-refractivity contribution in [2.45, 2.75) is 44.4 Å². The lowest BCUT2D eigenvalue weighted by Gasteiger charge is -2.32. The number of rotatable bonds is 9. The summed E-state index contributed by atoms with van der Waals surface area (Å²) < 4.78 is 0.826. The van der Waals surface area contributed by atoms with Crippen LogP contribution in [0, 0.1) is 5.92 Å². The van der Waals surface area contributed by atoms with Crippen molar-refractivity contribution in [3.63, 3.8) is 0 Å². The van der Waals surface area contributed by atoms with E-state index in [-0.39, 0.29) is 30.8 Å². The van der Waals surface area contributed by atoms with E-state index >= 15 is 0 Å². The van der Waals surface area contributed by atoms with E-state index in [1.54, 1.807) is 12.1 Å². The Morgan fingerprint density at radius 1 is 1.26 bits per heavy atom.